The molecule has 1 aliphatic heterocycles. The topological polar surface area (TPSA) is 78.9 Å². The molecule has 0 bridgehead atoms. The number of hydrogen-bond donors (Lipinski definition) is 2. The van der Waals surface area contributed by atoms with Crippen LogP contribution >= 0.6 is 0 Å². The first-order chi connectivity index (χ1) is 14.8. The predicted molar refractivity (Wildman–Crippen MR) is 122 cm³/mol. The Morgan fingerprint density at radius 2 is 1.90 bits per heavy atom. The lowest BCUT2D eigenvalue weighted by Crippen LogP contribution is -2.39. The Bertz CT molecular complexity index is 911. The lowest BCUT2D eigenvalue weighted by Gasteiger charge is -2.27. The van der Waals surface area contributed by atoms with Gasteiger partial charge in [-0.2, -0.15) is 0 Å². The number of fused-ring (bicyclic) bond motifs is 1. The van der Waals surface area contributed by atoms with Crippen molar-refractivity contribution in [1.82, 2.24) is 5.32 Å². The van der Waals surface area contributed by atoms with E-state index < -0.39 is 5.97 Å². The van der Waals surface area contributed by atoms with Crippen molar-refractivity contribution in [1.29, 1.82) is 0 Å². The number of carbonyl (C=O) groups is 2. The van der Waals surface area contributed by atoms with E-state index in [4.69, 9.17) is 9.84 Å². The molecule has 6 heteroatoms. The molecule has 1 aliphatic rings. The molecule has 1 unspecified atom stereocenters. The number of nitrogens with one attached hydrogen (secondary N) is 1. The van der Waals surface area contributed by atoms with Crippen LogP contribution in [-0.4, -0.2) is 36.7 Å². The smallest absolute Gasteiger partial charge is 0.303 e. The summed E-state index contributed by atoms with van der Waals surface area (Å²) in [5.41, 5.74) is 2.80. The zero-order valence-corrected chi connectivity index (χ0v) is 18.6. The van der Waals surface area contributed by atoms with Crippen LogP contribution in [0.5, 0.6) is 5.75 Å². The van der Waals surface area contributed by atoms with Gasteiger partial charge in [0.1, 0.15) is 5.75 Å². The fourth-order valence-corrected chi connectivity index (χ4v) is 4.13. The van der Waals surface area contributed by atoms with Crippen LogP contribution in [0.1, 0.15) is 57.1 Å². The van der Waals surface area contributed by atoms with Gasteiger partial charge in [0, 0.05) is 43.1 Å². The summed E-state index contributed by atoms with van der Waals surface area (Å²) in [5, 5.41) is 12.6. The third-order valence-electron chi connectivity index (χ3n) is 5.85. The molecule has 0 fully saturated rings. The number of rotatable bonds is 10. The second-order valence-electron chi connectivity index (χ2n) is 8.46. The summed E-state index contributed by atoms with van der Waals surface area (Å²) in [7, 11) is 0. The van der Waals surface area contributed by atoms with Crippen molar-refractivity contribution in [2.45, 2.75) is 51.5 Å². The van der Waals surface area contributed by atoms with Crippen LogP contribution in [0, 0.1) is 0 Å². The lowest BCUT2D eigenvalue weighted by molar-refractivity contribution is -0.137. The maximum Gasteiger partial charge on any atom is 0.303 e. The standard InChI is InChI=1S/C25H32N2O4/c1-4-31-20-11-12-22-21(16-20)18(10-13-24(29)30)17-27(22)23(28)14-15-26-25(2,3)19-8-6-5-7-9-19/h5-9,11-12,16,18,26H,4,10,13-15,17H2,1-3H3,(H,29,30). The summed E-state index contributed by atoms with van der Waals surface area (Å²) < 4.78 is 5.62. The van der Waals surface area contributed by atoms with E-state index in [-0.39, 0.29) is 23.8 Å². The summed E-state index contributed by atoms with van der Waals surface area (Å²) in [6.07, 6.45) is 0.952. The summed E-state index contributed by atoms with van der Waals surface area (Å²) in [4.78, 5) is 26.0. The van der Waals surface area contributed by atoms with Crippen molar-refractivity contribution >= 4 is 17.6 Å². The Morgan fingerprint density at radius 1 is 1.16 bits per heavy atom. The maximum absolute atomic E-state index is 13.1. The molecule has 2 aromatic carbocycles. The van der Waals surface area contributed by atoms with E-state index in [9.17, 15) is 9.59 Å². The zero-order chi connectivity index (χ0) is 22.4. The molecule has 2 aromatic rings. The van der Waals surface area contributed by atoms with Crippen LogP contribution in [0.25, 0.3) is 0 Å². The van der Waals surface area contributed by atoms with E-state index in [1.807, 2.05) is 43.3 Å². The second-order valence-corrected chi connectivity index (χ2v) is 8.46. The van der Waals surface area contributed by atoms with E-state index in [2.05, 4.69) is 31.3 Å². The monoisotopic (exact) mass is 424 g/mol. The quantitative estimate of drug-likeness (QED) is 0.595. The Morgan fingerprint density at radius 3 is 2.58 bits per heavy atom. The maximum atomic E-state index is 13.1. The molecule has 1 amide bonds. The minimum Gasteiger partial charge on any atom is -0.494 e. The van der Waals surface area contributed by atoms with Gasteiger partial charge < -0.3 is 20.1 Å². The Kier molecular flexibility index (Phi) is 7.33. The van der Waals surface area contributed by atoms with E-state index in [1.54, 1.807) is 4.90 Å². The van der Waals surface area contributed by atoms with Crippen LogP contribution in [0.4, 0.5) is 5.69 Å². The van der Waals surface area contributed by atoms with E-state index >= 15 is 0 Å². The van der Waals surface area contributed by atoms with Crippen molar-refractivity contribution < 1.29 is 19.4 Å². The van der Waals surface area contributed by atoms with Crippen molar-refractivity contribution in [3.8, 4) is 5.75 Å². The van der Waals surface area contributed by atoms with E-state index in [1.165, 1.54) is 5.56 Å². The molecule has 31 heavy (non-hydrogen) atoms. The molecule has 0 saturated carbocycles. The normalized spacial score (nSPS) is 15.6. The fourth-order valence-electron chi connectivity index (χ4n) is 4.13. The number of amides is 1. The Balaban J connectivity index is 1.67. The molecule has 166 valence electrons. The van der Waals surface area contributed by atoms with Crippen LogP contribution < -0.4 is 15.0 Å². The third-order valence-corrected chi connectivity index (χ3v) is 5.85. The van der Waals surface area contributed by atoms with Gasteiger partial charge in [-0.15, -0.1) is 0 Å². The first-order valence-electron chi connectivity index (χ1n) is 10.9. The largest absolute Gasteiger partial charge is 0.494 e. The zero-order valence-electron chi connectivity index (χ0n) is 18.6. The number of anilines is 1. The van der Waals surface area contributed by atoms with Gasteiger partial charge >= 0.3 is 5.97 Å². The van der Waals surface area contributed by atoms with E-state index in [0.717, 1.165) is 17.0 Å². The summed E-state index contributed by atoms with van der Waals surface area (Å²) in [6.45, 7) is 7.77. The number of aliphatic carboxylic acids is 1. The highest BCUT2D eigenvalue weighted by Gasteiger charge is 2.33. The molecule has 3 rings (SSSR count). The number of carboxylic acids is 1. The number of benzene rings is 2. The third kappa shape index (κ3) is 5.64. The molecule has 0 aromatic heterocycles. The van der Waals surface area contributed by atoms with Gasteiger partial charge in [0.25, 0.3) is 0 Å². The fraction of sp³-hybridized carbons (Fsp3) is 0.440. The minimum atomic E-state index is -0.820. The van der Waals surface area contributed by atoms with Crippen molar-refractivity contribution in [3.63, 3.8) is 0 Å². The first-order valence-corrected chi connectivity index (χ1v) is 10.9. The Hall–Kier alpha value is -2.86. The minimum absolute atomic E-state index is 0.00387. The first kappa shape index (κ1) is 22.8. The van der Waals surface area contributed by atoms with Crippen LogP contribution in [0.15, 0.2) is 48.5 Å². The number of carboxylic acid groups (broad SMARTS) is 1. The number of ether oxygens (including phenoxy) is 1. The number of nitrogens with zero attached hydrogens (tertiary/aromatic N) is 1. The molecule has 0 radical (unpaired) electrons. The van der Waals surface area contributed by atoms with E-state index in [0.29, 0.717) is 32.5 Å². The van der Waals surface area contributed by atoms with Gasteiger partial charge in [-0.1, -0.05) is 30.3 Å². The van der Waals surface area contributed by atoms with Crippen LogP contribution in [-0.2, 0) is 15.1 Å². The number of carbonyl (C=O) groups excluding carboxylic acids is 1. The van der Waals surface area contributed by atoms with Gasteiger partial charge in [0.15, 0.2) is 0 Å². The molecule has 2 N–H and O–H groups in total. The molecule has 1 atom stereocenters. The average Bonchev–Trinajstić information content (AvgIpc) is 3.11. The van der Waals surface area contributed by atoms with Crippen LogP contribution in [0.2, 0.25) is 0 Å². The van der Waals surface area contributed by atoms with Crippen LogP contribution in [0.3, 0.4) is 0 Å². The highest BCUT2D eigenvalue weighted by molar-refractivity contribution is 5.96. The van der Waals surface area contributed by atoms with Gasteiger partial charge in [0.2, 0.25) is 5.91 Å². The molecular formula is C25H32N2O4. The highest BCUT2D eigenvalue weighted by atomic mass is 16.5. The summed E-state index contributed by atoms with van der Waals surface area (Å²) in [5.74, 6) is -0.0226. The lowest BCUT2D eigenvalue weighted by atomic mass is 9.94. The average molecular weight is 425 g/mol. The summed E-state index contributed by atoms with van der Waals surface area (Å²) in [6, 6.07) is 15.9. The second kappa shape index (κ2) is 9.96. The predicted octanol–water partition coefficient (Wildman–Crippen LogP) is 4.30. The van der Waals surface area contributed by atoms with Crippen molar-refractivity contribution in [2.24, 2.45) is 0 Å². The molecule has 0 spiro atoms. The van der Waals surface area contributed by atoms with Gasteiger partial charge in [-0.25, -0.2) is 0 Å². The Labute approximate surface area is 184 Å². The molecule has 0 aliphatic carbocycles. The van der Waals surface area contributed by atoms with Gasteiger partial charge in [-0.3, -0.25) is 9.59 Å². The van der Waals surface area contributed by atoms with Gasteiger partial charge in [-0.05, 0) is 56.5 Å². The summed E-state index contributed by atoms with van der Waals surface area (Å²) >= 11 is 0. The van der Waals surface area contributed by atoms with Gasteiger partial charge in [0.05, 0.1) is 6.61 Å². The SMILES string of the molecule is CCOc1ccc2c(c1)C(CCC(=O)O)CN2C(=O)CCNC(C)(C)c1ccccc1. The molecule has 0 saturated heterocycles. The number of hydrogen-bond acceptors (Lipinski definition) is 4. The van der Waals surface area contributed by atoms with Crippen molar-refractivity contribution in [3.05, 3.63) is 59.7 Å². The highest BCUT2D eigenvalue weighted by Crippen LogP contribution is 2.41. The molecule has 1 heterocycles. The molecule has 6 nitrogen and oxygen atoms in total. The van der Waals surface area contributed by atoms with Crippen molar-refractivity contribution in [2.75, 3.05) is 24.6 Å². The molecular weight excluding hydrogens is 392 g/mol.